The Morgan fingerprint density at radius 1 is 0.500 bits per heavy atom. The molecule has 0 heterocycles. The van der Waals surface area contributed by atoms with Crippen molar-refractivity contribution in [1.29, 1.82) is 0 Å². The third-order valence-corrected chi connectivity index (χ3v) is 8.81. The van der Waals surface area contributed by atoms with Gasteiger partial charge in [-0.1, -0.05) is 102 Å². The molecule has 0 spiro atoms. The summed E-state index contributed by atoms with van der Waals surface area (Å²) in [7, 11) is -8.41. The Bertz CT molecular complexity index is 901. The molecule has 0 N–H and O–H groups in total. The SMILES string of the molecule is CCCCCCCCN(CCCS(=O)(=O)[O-])Cc1ccc(CN(CCCCCCCC)CCCS(=O)(=O)[O-])cc1.[Na+].[Na+]. The number of unbranched alkanes of at least 4 members (excludes halogenated alkanes) is 10. The van der Waals surface area contributed by atoms with Crippen molar-refractivity contribution < 1.29 is 85.1 Å². The summed E-state index contributed by atoms with van der Waals surface area (Å²) in [6.45, 7) is 8.72. The van der Waals surface area contributed by atoms with E-state index in [2.05, 4.69) is 47.9 Å². The van der Waals surface area contributed by atoms with Crippen LogP contribution in [0.5, 0.6) is 0 Å². The largest absolute Gasteiger partial charge is 1.00 e. The van der Waals surface area contributed by atoms with Crippen molar-refractivity contribution in [3.63, 3.8) is 0 Å². The van der Waals surface area contributed by atoms with Gasteiger partial charge in [0.15, 0.2) is 0 Å². The summed E-state index contributed by atoms with van der Waals surface area (Å²) < 4.78 is 66.4. The summed E-state index contributed by atoms with van der Waals surface area (Å²) in [5.74, 6) is -0.665. The van der Waals surface area contributed by atoms with Gasteiger partial charge in [-0.05, 0) is 63.0 Å². The van der Waals surface area contributed by atoms with Crippen LogP contribution in [0.1, 0.15) is 115 Å². The van der Waals surface area contributed by atoms with Crippen molar-refractivity contribution in [1.82, 2.24) is 9.80 Å². The molecule has 12 heteroatoms. The van der Waals surface area contributed by atoms with Crippen LogP contribution >= 0.6 is 0 Å². The second-order valence-electron chi connectivity index (χ2n) is 11.1. The van der Waals surface area contributed by atoms with Gasteiger partial charge in [0, 0.05) is 24.6 Å². The first-order chi connectivity index (χ1) is 19.0. The van der Waals surface area contributed by atoms with Crippen molar-refractivity contribution in [2.45, 2.75) is 117 Å². The fourth-order valence-corrected chi connectivity index (χ4v) is 5.93. The minimum Gasteiger partial charge on any atom is -0.748 e. The maximum absolute atomic E-state index is 11.1. The minimum atomic E-state index is -4.21. The van der Waals surface area contributed by atoms with Gasteiger partial charge in [0.05, 0.1) is 20.2 Å². The summed E-state index contributed by atoms with van der Waals surface area (Å²) in [5, 5.41) is 0. The van der Waals surface area contributed by atoms with Gasteiger partial charge >= 0.3 is 59.1 Å². The zero-order valence-electron chi connectivity index (χ0n) is 27.0. The molecule has 0 aliphatic rings. The second kappa shape index (κ2) is 27.1. The Morgan fingerprint density at radius 3 is 1.10 bits per heavy atom. The van der Waals surface area contributed by atoms with Gasteiger partial charge in [-0.2, -0.15) is 0 Å². The van der Waals surface area contributed by atoms with E-state index in [-0.39, 0.29) is 70.6 Å². The molecule has 1 rings (SSSR count). The Kier molecular flexibility index (Phi) is 29.1. The van der Waals surface area contributed by atoms with E-state index in [0.29, 0.717) is 39.0 Å². The molecule has 0 radical (unpaired) electrons. The molecule has 0 amide bonds. The molecule has 0 saturated heterocycles. The molecule has 0 atom stereocenters. The number of rotatable bonds is 26. The smallest absolute Gasteiger partial charge is 0.748 e. The Hall–Kier alpha value is 0.960. The molecule has 0 unspecified atom stereocenters. The van der Waals surface area contributed by atoms with Crippen molar-refractivity contribution in [3.8, 4) is 0 Å². The number of benzene rings is 1. The molecule has 42 heavy (non-hydrogen) atoms. The number of hydrogen-bond donors (Lipinski definition) is 0. The third kappa shape index (κ3) is 27.3. The zero-order chi connectivity index (χ0) is 29.7. The van der Waals surface area contributed by atoms with E-state index >= 15 is 0 Å². The summed E-state index contributed by atoms with van der Waals surface area (Å²) in [5.41, 5.74) is 2.28. The average molecular weight is 649 g/mol. The molecule has 0 aliphatic carbocycles. The van der Waals surface area contributed by atoms with Crippen LogP contribution in [-0.4, -0.2) is 73.4 Å². The van der Waals surface area contributed by atoms with Gasteiger partial charge in [0.25, 0.3) is 0 Å². The van der Waals surface area contributed by atoms with Crippen LogP contribution in [0.25, 0.3) is 0 Å². The van der Waals surface area contributed by atoms with E-state index in [0.717, 1.165) is 49.9 Å². The van der Waals surface area contributed by atoms with E-state index in [1.807, 2.05) is 0 Å². The van der Waals surface area contributed by atoms with Crippen molar-refractivity contribution in [2.75, 3.05) is 37.7 Å². The summed E-state index contributed by atoms with van der Waals surface area (Å²) in [4.78, 5) is 4.49. The minimum absolute atomic E-state index is 0. The Morgan fingerprint density at radius 2 is 0.786 bits per heavy atom. The first kappa shape index (κ1) is 45.1. The first-order valence-corrected chi connectivity index (χ1v) is 18.6. The molecular weight excluding hydrogens is 594 g/mol. The third-order valence-electron chi connectivity index (χ3n) is 7.23. The van der Waals surface area contributed by atoms with Gasteiger partial charge in [0.1, 0.15) is 0 Å². The first-order valence-electron chi connectivity index (χ1n) is 15.4. The van der Waals surface area contributed by atoms with Crippen molar-refractivity contribution in [3.05, 3.63) is 35.4 Å². The monoisotopic (exact) mass is 648 g/mol. The van der Waals surface area contributed by atoms with E-state index in [4.69, 9.17) is 0 Å². The van der Waals surface area contributed by atoms with Crippen LogP contribution in [0, 0.1) is 0 Å². The average Bonchev–Trinajstić information content (AvgIpc) is 2.87. The van der Waals surface area contributed by atoms with E-state index < -0.39 is 20.2 Å². The molecule has 8 nitrogen and oxygen atoms in total. The predicted octanol–water partition coefficient (Wildman–Crippen LogP) is -0.110. The van der Waals surface area contributed by atoms with Gasteiger partial charge in [-0.15, -0.1) is 0 Å². The van der Waals surface area contributed by atoms with Gasteiger partial charge in [0.2, 0.25) is 0 Å². The molecule has 0 bridgehead atoms. The Balaban J connectivity index is 0. The van der Waals surface area contributed by atoms with Crippen LogP contribution < -0.4 is 59.1 Å². The standard InChI is InChI=1S/C30H56N2O6S2.2Na/c1-3-5-7-9-11-13-21-31(23-15-25-39(33,34)35)27-29-17-19-30(20-18-29)28-32(24-16-26-40(36,37)38)22-14-12-10-8-6-4-2;;/h17-20H,3-16,21-28H2,1-2H3,(H,33,34,35)(H,36,37,38);;/q;2*+1/p-2. The van der Waals surface area contributed by atoms with Crippen molar-refractivity contribution >= 4 is 20.2 Å². The summed E-state index contributed by atoms with van der Waals surface area (Å²) >= 11 is 0. The molecule has 0 fully saturated rings. The van der Waals surface area contributed by atoms with Gasteiger partial charge in [-0.25, -0.2) is 16.8 Å². The molecule has 1 aromatic rings. The fraction of sp³-hybridized carbons (Fsp3) is 0.800. The molecule has 1 aromatic carbocycles. The van der Waals surface area contributed by atoms with Crippen molar-refractivity contribution in [2.24, 2.45) is 0 Å². The molecule has 0 aromatic heterocycles. The maximum Gasteiger partial charge on any atom is 1.00 e. The van der Waals surface area contributed by atoms with Gasteiger partial charge < -0.3 is 9.11 Å². The predicted molar refractivity (Wildman–Crippen MR) is 162 cm³/mol. The topological polar surface area (TPSA) is 121 Å². The number of nitrogens with zero attached hydrogens (tertiary/aromatic N) is 2. The maximum atomic E-state index is 11.1. The van der Waals surface area contributed by atoms with Gasteiger partial charge in [-0.3, -0.25) is 9.80 Å². The Labute approximate surface area is 302 Å². The summed E-state index contributed by atoms with van der Waals surface area (Å²) in [6.07, 6.45) is 14.9. The van der Waals surface area contributed by atoms with Crippen LogP contribution in [0.3, 0.4) is 0 Å². The molecular formula is C30H54N2Na2O6S2. The van der Waals surface area contributed by atoms with E-state index in [1.165, 1.54) is 51.4 Å². The van der Waals surface area contributed by atoms with Crippen LogP contribution in [0.15, 0.2) is 24.3 Å². The van der Waals surface area contributed by atoms with E-state index in [1.54, 1.807) is 0 Å². The fourth-order valence-electron chi connectivity index (χ4n) is 4.97. The quantitative estimate of drug-likeness (QED) is 0.0776. The summed E-state index contributed by atoms with van der Waals surface area (Å²) in [6, 6.07) is 8.38. The molecule has 0 aliphatic heterocycles. The molecule has 234 valence electrons. The van der Waals surface area contributed by atoms with E-state index in [9.17, 15) is 25.9 Å². The van der Waals surface area contributed by atoms with Crippen LogP contribution in [-0.2, 0) is 33.3 Å². The normalized spacial score (nSPS) is 12.0. The second-order valence-corrected chi connectivity index (χ2v) is 14.2. The van der Waals surface area contributed by atoms with Crippen LogP contribution in [0.2, 0.25) is 0 Å². The molecule has 0 saturated carbocycles. The number of hydrogen-bond acceptors (Lipinski definition) is 8. The van der Waals surface area contributed by atoms with Crippen LogP contribution in [0.4, 0.5) is 0 Å². The zero-order valence-corrected chi connectivity index (χ0v) is 32.7.